The van der Waals surface area contributed by atoms with Crippen molar-refractivity contribution in [1.82, 2.24) is 25.4 Å². The molecule has 0 bridgehead atoms. The summed E-state index contributed by atoms with van der Waals surface area (Å²) in [5.41, 5.74) is 2.66. The second-order valence-electron chi connectivity index (χ2n) is 7.14. The zero-order valence-electron chi connectivity index (χ0n) is 16.1. The fourth-order valence-electron chi connectivity index (χ4n) is 3.51. The summed E-state index contributed by atoms with van der Waals surface area (Å²) in [5, 5.41) is 10.5. The van der Waals surface area contributed by atoms with Gasteiger partial charge < -0.3 is 10.2 Å². The molecule has 1 atom stereocenters. The van der Waals surface area contributed by atoms with Gasteiger partial charge in [-0.05, 0) is 32.3 Å². The molecule has 6 heteroatoms. The van der Waals surface area contributed by atoms with Crippen molar-refractivity contribution in [2.24, 2.45) is 4.99 Å². The number of hydrogen-bond donors (Lipinski definition) is 2. The molecule has 3 rings (SSSR count). The molecule has 2 aromatic rings. The number of aromatic amines is 1. The number of benzene rings is 1. The van der Waals surface area contributed by atoms with Crippen LogP contribution in [0.1, 0.15) is 55.5 Å². The topological polar surface area (TPSA) is 69.2 Å². The molecule has 140 valence electrons. The van der Waals surface area contributed by atoms with E-state index in [1.807, 2.05) is 0 Å². The Kier molecular flexibility index (Phi) is 6.26. The van der Waals surface area contributed by atoms with Crippen LogP contribution in [0.3, 0.4) is 0 Å². The van der Waals surface area contributed by atoms with Crippen LogP contribution in [0.25, 0.3) is 0 Å². The quantitative estimate of drug-likeness (QED) is 0.639. The van der Waals surface area contributed by atoms with E-state index in [4.69, 9.17) is 4.99 Å². The van der Waals surface area contributed by atoms with Crippen LogP contribution < -0.4 is 5.32 Å². The lowest BCUT2D eigenvalue weighted by molar-refractivity contribution is 0.298. The van der Waals surface area contributed by atoms with E-state index in [1.54, 1.807) is 6.33 Å². The van der Waals surface area contributed by atoms with Crippen LogP contribution in [0.4, 0.5) is 0 Å². The van der Waals surface area contributed by atoms with Gasteiger partial charge in [-0.2, -0.15) is 5.10 Å². The first-order valence-electron chi connectivity index (χ1n) is 9.62. The maximum Gasteiger partial charge on any atom is 0.193 e. The second-order valence-corrected chi connectivity index (χ2v) is 7.14. The van der Waals surface area contributed by atoms with Crippen LogP contribution >= 0.6 is 0 Å². The molecule has 26 heavy (non-hydrogen) atoms. The molecule has 1 fully saturated rings. The molecule has 0 spiro atoms. The van der Waals surface area contributed by atoms with E-state index in [2.05, 4.69) is 70.4 Å². The molecular weight excluding hydrogens is 324 g/mol. The SMILES string of the molecule is CCNC(=NCC(C)c1cccc(C)c1)N1CCC(c2ncn[nH]2)CC1. The average Bonchev–Trinajstić information content (AvgIpc) is 3.20. The van der Waals surface area contributed by atoms with Crippen LogP contribution in [0, 0.1) is 6.92 Å². The van der Waals surface area contributed by atoms with Crippen molar-refractivity contribution in [2.75, 3.05) is 26.2 Å². The van der Waals surface area contributed by atoms with Gasteiger partial charge >= 0.3 is 0 Å². The van der Waals surface area contributed by atoms with E-state index < -0.39 is 0 Å². The van der Waals surface area contributed by atoms with Gasteiger partial charge in [0.25, 0.3) is 0 Å². The van der Waals surface area contributed by atoms with E-state index in [9.17, 15) is 0 Å². The number of aliphatic imine (C=N–C) groups is 1. The maximum atomic E-state index is 4.93. The Hall–Kier alpha value is -2.37. The minimum Gasteiger partial charge on any atom is -0.357 e. The predicted octanol–water partition coefficient (Wildman–Crippen LogP) is 3.06. The normalized spacial score (nSPS) is 17.3. The lowest BCUT2D eigenvalue weighted by Gasteiger charge is -2.33. The third kappa shape index (κ3) is 4.62. The first-order chi connectivity index (χ1) is 12.7. The summed E-state index contributed by atoms with van der Waals surface area (Å²) >= 11 is 0. The highest BCUT2D eigenvalue weighted by atomic mass is 15.3. The number of aromatic nitrogens is 3. The zero-order valence-corrected chi connectivity index (χ0v) is 16.1. The minimum absolute atomic E-state index is 0.412. The molecule has 1 aromatic carbocycles. The van der Waals surface area contributed by atoms with Crippen LogP contribution in [0.5, 0.6) is 0 Å². The number of nitrogens with zero attached hydrogens (tertiary/aromatic N) is 4. The van der Waals surface area contributed by atoms with Crippen LogP contribution in [-0.2, 0) is 0 Å². The summed E-state index contributed by atoms with van der Waals surface area (Å²) in [4.78, 5) is 11.6. The Morgan fingerprint density at radius 2 is 2.19 bits per heavy atom. The molecule has 2 N–H and O–H groups in total. The third-order valence-corrected chi connectivity index (χ3v) is 5.08. The molecule has 1 aliphatic rings. The zero-order chi connectivity index (χ0) is 18.4. The molecule has 1 aliphatic heterocycles. The third-order valence-electron chi connectivity index (χ3n) is 5.08. The standard InChI is InChI=1S/C20H30N6/c1-4-21-20(22-13-16(3)18-7-5-6-15(2)12-18)26-10-8-17(9-11-26)19-23-14-24-25-19/h5-7,12,14,16-17H,4,8-11,13H2,1-3H3,(H,21,22)(H,23,24,25). The van der Waals surface area contributed by atoms with E-state index in [0.717, 1.165) is 50.8 Å². The van der Waals surface area contributed by atoms with Crippen LogP contribution in [0.2, 0.25) is 0 Å². The first kappa shape index (κ1) is 18.4. The highest BCUT2D eigenvalue weighted by molar-refractivity contribution is 5.80. The van der Waals surface area contributed by atoms with E-state index >= 15 is 0 Å². The van der Waals surface area contributed by atoms with Crippen molar-refractivity contribution >= 4 is 5.96 Å². The van der Waals surface area contributed by atoms with Gasteiger partial charge in [-0.15, -0.1) is 0 Å². The van der Waals surface area contributed by atoms with Gasteiger partial charge in [0, 0.05) is 38.0 Å². The lowest BCUT2D eigenvalue weighted by atomic mass is 9.96. The minimum atomic E-state index is 0.412. The Morgan fingerprint density at radius 3 is 2.85 bits per heavy atom. The largest absolute Gasteiger partial charge is 0.357 e. The molecule has 0 aliphatic carbocycles. The Balaban J connectivity index is 1.60. The van der Waals surface area contributed by atoms with Gasteiger partial charge in [-0.1, -0.05) is 36.8 Å². The molecule has 1 aromatic heterocycles. The molecular formula is C20H30N6. The van der Waals surface area contributed by atoms with Crippen molar-refractivity contribution in [3.8, 4) is 0 Å². The Bertz CT molecular complexity index is 701. The Labute approximate surface area is 156 Å². The second kappa shape index (κ2) is 8.83. The highest BCUT2D eigenvalue weighted by Gasteiger charge is 2.24. The fraction of sp³-hybridized carbons (Fsp3) is 0.550. The molecule has 0 saturated carbocycles. The molecule has 1 unspecified atom stereocenters. The number of guanidine groups is 1. The van der Waals surface area contributed by atoms with Crippen molar-refractivity contribution in [3.05, 3.63) is 47.5 Å². The van der Waals surface area contributed by atoms with Gasteiger partial charge in [0.2, 0.25) is 0 Å². The van der Waals surface area contributed by atoms with Gasteiger partial charge in [0.05, 0.1) is 0 Å². The number of piperidine rings is 1. The number of likely N-dealkylation sites (tertiary alicyclic amines) is 1. The van der Waals surface area contributed by atoms with Crippen molar-refractivity contribution in [1.29, 1.82) is 0 Å². The molecule has 1 saturated heterocycles. The average molecular weight is 355 g/mol. The fourth-order valence-corrected chi connectivity index (χ4v) is 3.51. The molecule has 2 heterocycles. The van der Waals surface area contributed by atoms with Crippen LogP contribution in [-0.4, -0.2) is 52.2 Å². The number of nitrogens with one attached hydrogen (secondary N) is 2. The summed E-state index contributed by atoms with van der Waals surface area (Å²) in [6.07, 6.45) is 3.75. The number of rotatable bonds is 5. The van der Waals surface area contributed by atoms with Crippen LogP contribution in [0.15, 0.2) is 35.6 Å². The first-order valence-corrected chi connectivity index (χ1v) is 9.62. The maximum absolute atomic E-state index is 4.93. The van der Waals surface area contributed by atoms with E-state index in [0.29, 0.717) is 11.8 Å². The summed E-state index contributed by atoms with van der Waals surface area (Å²) in [7, 11) is 0. The van der Waals surface area contributed by atoms with Gasteiger partial charge in [0.15, 0.2) is 5.96 Å². The molecule has 0 amide bonds. The number of hydrogen-bond acceptors (Lipinski definition) is 3. The van der Waals surface area contributed by atoms with Crippen molar-refractivity contribution < 1.29 is 0 Å². The summed E-state index contributed by atoms with van der Waals surface area (Å²) < 4.78 is 0. The van der Waals surface area contributed by atoms with E-state index in [1.165, 1.54) is 11.1 Å². The lowest BCUT2D eigenvalue weighted by Crippen LogP contribution is -2.45. The predicted molar refractivity (Wildman–Crippen MR) is 106 cm³/mol. The number of aryl methyl sites for hydroxylation is 1. The smallest absolute Gasteiger partial charge is 0.193 e. The Morgan fingerprint density at radius 1 is 1.38 bits per heavy atom. The number of H-pyrrole nitrogens is 1. The van der Waals surface area contributed by atoms with Gasteiger partial charge in [0.1, 0.15) is 12.2 Å². The van der Waals surface area contributed by atoms with E-state index in [-0.39, 0.29) is 0 Å². The molecule has 6 nitrogen and oxygen atoms in total. The summed E-state index contributed by atoms with van der Waals surface area (Å²) in [5.74, 6) is 2.93. The van der Waals surface area contributed by atoms with Crippen molar-refractivity contribution in [3.63, 3.8) is 0 Å². The van der Waals surface area contributed by atoms with Gasteiger partial charge in [-0.25, -0.2) is 4.98 Å². The monoisotopic (exact) mass is 354 g/mol. The van der Waals surface area contributed by atoms with Crippen molar-refractivity contribution in [2.45, 2.75) is 45.4 Å². The summed E-state index contributed by atoms with van der Waals surface area (Å²) in [6, 6.07) is 8.73. The highest BCUT2D eigenvalue weighted by Crippen LogP contribution is 2.25. The van der Waals surface area contributed by atoms with Gasteiger partial charge in [-0.3, -0.25) is 10.1 Å². The summed E-state index contributed by atoms with van der Waals surface area (Å²) in [6.45, 7) is 10.2. The molecule has 0 radical (unpaired) electrons.